The minimum Gasteiger partial charge on any atom is -0.396 e. The van der Waals surface area contributed by atoms with Gasteiger partial charge in [0.05, 0.1) is 0 Å². The van der Waals surface area contributed by atoms with Crippen molar-refractivity contribution >= 4 is 5.96 Å². The van der Waals surface area contributed by atoms with Crippen LogP contribution in [0.2, 0.25) is 0 Å². The van der Waals surface area contributed by atoms with Gasteiger partial charge in [-0.2, -0.15) is 0 Å². The van der Waals surface area contributed by atoms with E-state index in [9.17, 15) is 5.11 Å². The zero-order valence-electron chi connectivity index (χ0n) is 16.5. The largest absolute Gasteiger partial charge is 0.396 e. The Hall–Kier alpha value is -1.59. The molecule has 1 aromatic carbocycles. The Kier molecular flexibility index (Phi) is 9.50. The molecule has 2 rings (SSSR count). The van der Waals surface area contributed by atoms with Gasteiger partial charge in [0.25, 0.3) is 0 Å². The van der Waals surface area contributed by atoms with Gasteiger partial charge in [-0.25, -0.2) is 0 Å². The maximum atomic E-state index is 9.25. The molecule has 1 aliphatic rings. The fourth-order valence-electron chi connectivity index (χ4n) is 3.52. The van der Waals surface area contributed by atoms with Crippen molar-refractivity contribution in [3.05, 3.63) is 35.9 Å². The maximum absolute atomic E-state index is 9.25. The fourth-order valence-corrected chi connectivity index (χ4v) is 3.52. The summed E-state index contributed by atoms with van der Waals surface area (Å²) in [6.07, 6.45) is 3.13. The van der Waals surface area contributed by atoms with Crippen LogP contribution < -0.4 is 5.32 Å². The van der Waals surface area contributed by atoms with E-state index < -0.39 is 0 Å². The van der Waals surface area contributed by atoms with Crippen LogP contribution in [0.25, 0.3) is 0 Å². The molecule has 1 heterocycles. The van der Waals surface area contributed by atoms with E-state index in [2.05, 4.69) is 59.3 Å². The van der Waals surface area contributed by atoms with E-state index in [0.29, 0.717) is 5.92 Å². The third-order valence-electron chi connectivity index (χ3n) is 4.99. The molecule has 0 spiro atoms. The minimum absolute atomic E-state index is 0.259. The highest BCUT2D eigenvalue weighted by atomic mass is 16.3. The molecule has 1 aliphatic heterocycles. The summed E-state index contributed by atoms with van der Waals surface area (Å²) in [4.78, 5) is 9.78. The highest BCUT2D eigenvalue weighted by Crippen LogP contribution is 2.12. The molecule has 1 saturated heterocycles. The van der Waals surface area contributed by atoms with Crippen molar-refractivity contribution in [2.45, 2.75) is 39.7 Å². The normalized spacial score (nSPS) is 17.3. The Bertz CT molecular complexity index is 506. The number of guanidine groups is 1. The maximum Gasteiger partial charge on any atom is 0.194 e. The first kappa shape index (κ1) is 20.7. The van der Waals surface area contributed by atoms with Crippen LogP contribution in [-0.2, 0) is 6.54 Å². The molecule has 1 aromatic rings. The lowest BCUT2D eigenvalue weighted by molar-refractivity contribution is 0.172. The van der Waals surface area contributed by atoms with Crippen LogP contribution in [0.3, 0.4) is 0 Å². The molecule has 146 valence electrons. The molecule has 0 bridgehead atoms. The third kappa shape index (κ3) is 6.96. The van der Waals surface area contributed by atoms with Crippen molar-refractivity contribution < 1.29 is 5.11 Å². The molecule has 26 heavy (non-hydrogen) atoms. The molecule has 2 N–H and O–H groups in total. The van der Waals surface area contributed by atoms with Crippen molar-refractivity contribution in [3.63, 3.8) is 0 Å². The lowest BCUT2D eigenvalue weighted by atomic mass is 10.0. The van der Waals surface area contributed by atoms with Gasteiger partial charge in [0, 0.05) is 52.4 Å². The van der Waals surface area contributed by atoms with Crippen LogP contribution >= 0.6 is 0 Å². The number of rotatable bonds is 9. The molecular formula is C21H36N4O. The van der Waals surface area contributed by atoms with Crippen molar-refractivity contribution in [1.82, 2.24) is 15.1 Å². The Labute approximate surface area is 159 Å². The number of aliphatic imine (C=N–C) groups is 1. The molecule has 1 fully saturated rings. The van der Waals surface area contributed by atoms with Crippen molar-refractivity contribution in [1.29, 1.82) is 0 Å². The summed E-state index contributed by atoms with van der Waals surface area (Å²) in [5.74, 6) is 1.52. The molecule has 0 aliphatic carbocycles. The Balaban J connectivity index is 1.87. The predicted octanol–water partition coefficient (Wildman–Crippen LogP) is 2.57. The molecule has 0 amide bonds. The molecule has 1 unspecified atom stereocenters. The smallest absolute Gasteiger partial charge is 0.194 e. The van der Waals surface area contributed by atoms with E-state index in [1.54, 1.807) is 0 Å². The van der Waals surface area contributed by atoms with E-state index in [1.807, 2.05) is 0 Å². The van der Waals surface area contributed by atoms with Crippen LogP contribution in [0.1, 0.15) is 38.7 Å². The van der Waals surface area contributed by atoms with Crippen molar-refractivity contribution in [3.8, 4) is 0 Å². The number of hydrogen-bond donors (Lipinski definition) is 2. The first-order valence-electron chi connectivity index (χ1n) is 10.2. The van der Waals surface area contributed by atoms with E-state index >= 15 is 0 Å². The highest BCUT2D eigenvalue weighted by Gasteiger charge is 2.20. The molecule has 5 heteroatoms. The molecule has 5 nitrogen and oxygen atoms in total. The first-order valence-corrected chi connectivity index (χ1v) is 10.2. The Morgan fingerprint density at radius 3 is 2.46 bits per heavy atom. The van der Waals surface area contributed by atoms with Gasteiger partial charge in [0.2, 0.25) is 0 Å². The number of piperazine rings is 1. The topological polar surface area (TPSA) is 51.1 Å². The van der Waals surface area contributed by atoms with Crippen LogP contribution in [0.15, 0.2) is 35.3 Å². The van der Waals surface area contributed by atoms with Gasteiger partial charge in [-0.15, -0.1) is 0 Å². The zero-order chi connectivity index (χ0) is 18.6. The summed E-state index contributed by atoms with van der Waals surface area (Å²) in [5.41, 5.74) is 1.38. The fraction of sp³-hybridized carbons (Fsp3) is 0.667. The molecule has 0 radical (unpaired) electrons. The number of aliphatic hydroxyl groups is 1. The van der Waals surface area contributed by atoms with Crippen molar-refractivity contribution in [2.24, 2.45) is 10.9 Å². The lowest BCUT2D eigenvalue weighted by Gasteiger charge is -2.36. The average Bonchev–Trinajstić information content (AvgIpc) is 2.67. The van der Waals surface area contributed by atoms with Gasteiger partial charge in [-0.05, 0) is 31.2 Å². The Morgan fingerprint density at radius 1 is 1.12 bits per heavy atom. The summed E-state index contributed by atoms with van der Waals surface area (Å²) in [5, 5.41) is 12.7. The van der Waals surface area contributed by atoms with Crippen LogP contribution in [0.4, 0.5) is 0 Å². The molecule has 1 atom stereocenters. The number of benzene rings is 1. The SMILES string of the molecule is CCCC(CCO)CN=C(NCC)N1CCN(Cc2ccccc2)CC1. The highest BCUT2D eigenvalue weighted by molar-refractivity contribution is 5.80. The second-order valence-corrected chi connectivity index (χ2v) is 7.11. The van der Waals surface area contributed by atoms with E-state index in [0.717, 1.165) is 71.0 Å². The van der Waals surface area contributed by atoms with Gasteiger partial charge in [-0.1, -0.05) is 43.7 Å². The molecular weight excluding hydrogens is 324 g/mol. The summed E-state index contributed by atoms with van der Waals surface area (Å²) < 4.78 is 0. The van der Waals surface area contributed by atoms with E-state index in [1.165, 1.54) is 5.56 Å². The first-order chi connectivity index (χ1) is 12.8. The quantitative estimate of drug-likeness (QED) is 0.525. The minimum atomic E-state index is 0.259. The van der Waals surface area contributed by atoms with Crippen molar-refractivity contribution in [2.75, 3.05) is 45.9 Å². The summed E-state index contributed by atoms with van der Waals surface area (Å²) in [6.45, 7) is 11.5. The molecule has 0 saturated carbocycles. The van der Waals surface area contributed by atoms with Gasteiger partial charge < -0.3 is 15.3 Å². The summed E-state index contributed by atoms with van der Waals surface area (Å²) in [7, 11) is 0. The van der Waals surface area contributed by atoms with E-state index in [-0.39, 0.29) is 6.61 Å². The second-order valence-electron chi connectivity index (χ2n) is 7.11. The van der Waals surface area contributed by atoms with Gasteiger partial charge in [-0.3, -0.25) is 9.89 Å². The Morgan fingerprint density at radius 2 is 1.85 bits per heavy atom. The standard InChI is InChI=1S/C21H36N4O/c1-3-8-19(11-16-26)17-23-21(22-4-2)25-14-12-24(13-15-25)18-20-9-6-5-7-10-20/h5-7,9-10,19,26H,3-4,8,11-18H2,1-2H3,(H,22,23). The van der Waals surface area contributed by atoms with Crippen LogP contribution in [0, 0.1) is 5.92 Å². The summed E-state index contributed by atoms with van der Waals surface area (Å²) >= 11 is 0. The second kappa shape index (κ2) is 11.9. The lowest BCUT2D eigenvalue weighted by Crippen LogP contribution is -2.52. The number of hydrogen-bond acceptors (Lipinski definition) is 3. The number of aliphatic hydroxyl groups excluding tert-OH is 1. The number of nitrogens with zero attached hydrogens (tertiary/aromatic N) is 3. The van der Waals surface area contributed by atoms with E-state index in [4.69, 9.17) is 4.99 Å². The monoisotopic (exact) mass is 360 g/mol. The van der Waals surface area contributed by atoms with Gasteiger partial charge >= 0.3 is 0 Å². The number of nitrogens with one attached hydrogen (secondary N) is 1. The van der Waals surface area contributed by atoms with Gasteiger partial charge in [0.15, 0.2) is 5.96 Å². The third-order valence-corrected chi connectivity index (χ3v) is 4.99. The van der Waals surface area contributed by atoms with Crippen LogP contribution in [-0.4, -0.2) is 66.7 Å². The molecule has 0 aromatic heterocycles. The average molecular weight is 361 g/mol. The predicted molar refractivity (Wildman–Crippen MR) is 109 cm³/mol. The van der Waals surface area contributed by atoms with Gasteiger partial charge in [0.1, 0.15) is 0 Å². The van der Waals surface area contributed by atoms with Crippen LogP contribution in [0.5, 0.6) is 0 Å². The summed E-state index contributed by atoms with van der Waals surface area (Å²) in [6, 6.07) is 10.7. The zero-order valence-corrected chi connectivity index (χ0v) is 16.5.